The van der Waals surface area contributed by atoms with E-state index in [0.29, 0.717) is 24.5 Å². The fourth-order valence-electron chi connectivity index (χ4n) is 1.93. The fraction of sp³-hybridized carbons (Fsp3) is 0.818. The summed E-state index contributed by atoms with van der Waals surface area (Å²) in [5.74, 6) is 0.0305. The molecule has 0 aromatic heterocycles. The number of amides is 2. The van der Waals surface area contributed by atoms with Crippen LogP contribution in [0.25, 0.3) is 0 Å². The molecule has 0 aromatic rings. The van der Waals surface area contributed by atoms with Crippen LogP contribution in [0.4, 0.5) is 4.79 Å². The minimum absolute atomic E-state index is 0.172. The van der Waals surface area contributed by atoms with Gasteiger partial charge < -0.3 is 15.3 Å². The average Bonchev–Trinajstić information content (AvgIpc) is 2.36. The zero-order valence-corrected chi connectivity index (χ0v) is 13.2. The van der Waals surface area contributed by atoms with Crippen LogP contribution in [0.5, 0.6) is 0 Å². The van der Waals surface area contributed by atoms with Gasteiger partial charge in [-0.3, -0.25) is 4.79 Å². The van der Waals surface area contributed by atoms with E-state index in [-0.39, 0.29) is 6.42 Å². The number of carboxylic acids is 1. The first-order valence-electron chi connectivity index (χ1n) is 6.31. The van der Waals surface area contributed by atoms with Gasteiger partial charge in [0.2, 0.25) is 0 Å². The number of nitrogens with zero attached hydrogens (tertiary/aromatic N) is 1. The van der Waals surface area contributed by atoms with Crippen molar-refractivity contribution in [2.45, 2.75) is 31.2 Å². The lowest BCUT2D eigenvalue weighted by Gasteiger charge is -2.34. The number of thioether (sulfide) groups is 1. The third kappa shape index (κ3) is 4.86. The summed E-state index contributed by atoms with van der Waals surface area (Å²) in [4.78, 5) is 24.1. The molecule has 116 valence electrons. The Kier molecular flexibility index (Phi) is 6.12. The number of carbonyl (C=O) groups excluding carboxylic acids is 1. The van der Waals surface area contributed by atoms with Crippen LogP contribution in [0.15, 0.2) is 0 Å². The van der Waals surface area contributed by atoms with E-state index >= 15 is 0 Å². The van der Waals surface area contributed by atoms with Crippen molar-refractivity contribution in [2.75, 3.05) is 24.3 Å². The van der Waals surface area contributed by atoms with Crippen LogP contribution < -0.4 is 5.32 Å². The molecular formula is C11H20N2O5S2. The number of aliphatic carboxylic acids is 1. The predicted molar refractivity (Wildman–Crippen MR) is 77.5 cm³/mol. The summed E-state index contributed by atoms with van der Waals surface area (Å²) in [5.41, 5.74) is 0. The lowest BCUT2D eigenvalue weighted by molar-refractivity contribution is -0.137. The van der Waals surface area contributed by atoms with Gasteiger partial charge in [-0.25, -0.2) is 13.2 Å². The molecule has 0 spiro atoms. The monoisotopic (exact) mass is 324 g/mol. The van der Waals surface area contributed by atoms with E-state index in [1.165, 1.54) is 16.7 Å². The molecule has 1 aliphatic heterocycles. The smallest absolute Gasteiger partial charge is 0.318 e. The van der Waals surface area contributed by atoms with Gasteiger partial charge in [0.05, 0.1) is 6.42 Å². The van der Waals surface area contributed by atoms with Crippen LogP contribution in [0, 0.1) is 0 Å². The van der Waals surface area contributed by atoms with Gasteiger partial charge in [-0.15, -0.1) is 0 Å². The highest BCUT2D eigenvalue weighted by Crippen LogP contribution is 2.20. The summed E-state index contributed by atoms with van der Waals surface area (Å²) in [6, 6.07) is -0.997. The molecule has 0 aliphatic carbocycles. The van der Waals surface area contributed by atoms with Gasteiger partial charge in [-0.1, -0.05) is 6.92 Å². The second-order valence-corrected chi connectivity index (χ2v) is 8.06. The Labute approximate surface area is 123 Å². The summed E-state index contributed by atoms with van der Waals surface area (Å²) in [6.07, 6.45) is 1.41. The third-order valence-corrected chi connectivity index (χ3v) is 5.72. The molecule has 7 nitrogen and oxygen atoms in total. The molecule has 2 N–H and O–H groups in total. The van der Waals surface area contributed by atoms with E-state index in [0.717, 1.165) is 6.26 Å². The van der Waals surface area contributed by atoms with Crippen molar-refractivity contribution < 1.29 is 23.1 Å². The van der Waals surface area contributed by atoms with Gasteiger partial charge >= 0.3 is 12.0 Å². The maximum atomic E-state index is 12.2. The predicted octanol–water partition coefficient (Wildman–Crippen LogP) is 0.369. The molecule has 0 saturated carbocycles. The Morgan fingerprint density at radius 2 is 2.15 bits per heavy atom. The summed E-state index contributed by atoms with van der Waals surface area (Å²) in [7, 11) is -3.36. The van der Waals surface area contributed by atoms with E-state index in [4.69, 9.17) is 5.11 Å². The standard InChI is InChI=1S/C11H20N2O5S2/c1-3-8(6-10(14)15)12-11(16)13-4-5-19-7-9(13)20(2,17)18/h8-9H,3-7H2,1-2H3,(H,12,16)(H,14,15). The summed E-state index contributed by atoms with van der Waals surface area (Å²) in [6.45, 7) is 2.12. The number of nitrogens with one attached hydrogen (secondary N) is 1. The van der Waals surface area contributed by atoms with E-state index in [2.05, 4.69) is 5.32 Å². The van der Waals surface area contributed by atoms with Crippen molar-refractivity contribution in [3.8, 4) is 0 Å². The highest BCUT2D eigenvalue weighted by molar-refractivity contribution is 8.00. The van der Waals surface area contributed by atoms with Gasteiger partial charge in [0.15, 0.2) is 9.84 Å². The first-order chi connectivity index (χ1) is 9.25. The normalized spacial score (nSPS) is 21.3. The number of hydrogen-bond donors (Lipinski definition) is 2. The van der Waals surface area contributed by atoms with Gasteiger partial charge in [-0.2, -0.15) is 11.8 Å². The lowest BCUT2D eigenvalue weighted by Crippen LogP contribution is -2.55. The van der Waals surface area contributed by atoms with E-state index in [1.807, 2.05) is 0 Å². The van der Waals surface area contributed by atoms with E-state index in [9.17, 15) is 18.0 Å². The van der Waals surface area contributed by atoms with Crippen LogP contribution in [0.3, 0.4) is 0 Å². The summed E-state index contributed by atoms with van der Waals surface area (Å²) >= 11 is 1.49. The van der Waals surface area contributed by atoms with E-state index in [1.54, 1.807) is 6.92 Å². The van der Waals surface area contributed by atoms with Gasteiger partial charge in [-0.05, 0) is 6.42 Å². The second kappa shape index (κ2) is 7.16. The first kappa shape index (κ1) is 17.1. The Morgan fingerprint density at radius 3 is 2.65 bits per heavy atom. The molecule has 1 fully saturated rings. The highest BCUT2D eigenvalue weighted by atomic mass is 32.2. The molecule has 1 rings (SSSR count). The van der Waals surface area contributed by atoms with Crippen molar-refractivity contribution in [2.24, 2.45) is 0 Å². The van der Waals surface area contributed by atoms with Gasteiger partial charge in [0.1, 0.15) is 5.37 Å². The Bertz CT molecular complexity index is 465. The molecule has 0 bridgehead atoms. The third-order valence-electron chi connectivity index (χ3n) is 3.08. The molecule has 2 atom stereocenters. The zero-order valence-electron chi connectivity index (χ0n) is 11.5. The van der Waals surface area contributed by atoms with Crippen molar-refractivity contribution in [1.82, 2.24) is 10.2 Å². The van der Waals surface area contributed by atoms with Crippen LogP contribution >= 0.6 is 11.8 Å². The van der Waals surface area contributed by atoms with Crippen LogP contribution in [0.1, 0.15) is 19.8 Å². The molecular weight excluding hydrogens is 304 g/mol. The summed E-state index contributed by atoms with van der Waals surface area (Å²) in [5, 5.41) is 10.5. The highest BCUT2D eigenvalue weighted by Gasteiger charge is 2.34. The SMILES string of the molecule is CCC(CC(=O)O)NC(=O)N1CCSCC1S(C)(=O)=O. The average molecular weight is 324 g/mol. The first-order valence-corrected chi connectivity index (χ1v) is 9.42. The number of carboxylic acid groups (broad SMARTS) is 1. The Hall–Kier alpha value is -0.960. The van der Waals surface area contributed by atoms with E-state index < -0.39 is 33.3 Å². The number of urea groups is 1. The zero-order chi connectivity index (χ0) is 15.3. The molecule has 2 amide bonds. The maximum Gasteiger partial charge on any atom is 0.318 e. The molecule has 1 heterocycles. The van der Waals surface area contributed by atoms with Crippen molar-refractivity contribution in [3.05, 3.63) is 0 Å². The summed E-state index contributed by atoms with van der Waals surface area (Å²) < 4.78 is 23.4. The van der Waals surface area contributed by atoms with Crippen LogP contribution in [-0.4, -0.2) is 66.1 Å². The second-order valence-electron chi connectivity index (χ2n) is 4.71. The fourth-order valence-corrected chi connectivity index (χ4v) is 4.75. The van der Waals surface area contributed by atoms with Crippen molar-refractivity contribution in [3.63, 3.8) is 0 Å². The van der Waals surface area contributed by atoms with Crippen LogP contribution in [0.2, 0.25) is 0 Å². The topological polar surface area (TPSA) is 104 Å². The molecule has 0 radical (unpaired) electrons. The molecule has 2 unspecified atom stereocenters. The minimum Gasteiger partial charge on any atom is -0.481 e. The number of hydrogen-bond acceptors (Lipinski definition) is 5. The number of carbonyl (C=O) groups is 2. The molecule has 9 heteroatoms. The number of rotatable bonds is 5. The van der Waals surface area contributed by atoms with Gasteiger partial charge in [0.25, 0.3) is 0 Å². The molecule has 0 aromatic carbocycles. The Morgan fingerprint density at radius 1 is 1.50 bits per heavy atom. The Balaban J connectivity index is 2.75. The lowest BCUT2D eigenvalue weighted by atomic mass is 10.1. The molecule has 1 aliphatic rings. The number of sulfone groups is 1. The minimum atomic E-state index is -3.36. The van der Waals surface area contributed by atoms with Crippen molar-refractivity contribution >= 4 is 33.6 Å². The van der Waals surface area contributed by atoms with Gasteiger partial charge in [0, 0.05) is 30.3 Å². The largest absolute Gasteiger partial charge is 0.481 e. The molecule has 20 heavy (non-hydrogen) atoms. The molecule has 1 saturated heterocycles. The quantitative estimate of drug-likeness (QED) is 0.757. The maximum absolute atomic E-state index is 12.2. The van der Waals surface area contributed by atoms with Crippen molar-refractivity contribution in [1.29, 1.82) is 0 Å². The van der Waals surface area contributed by atoms with Crippen LogP contribution in [-0.2, 0) is 14.6 Å².